The molecule has 1 nitrogen and oxygen atoms in total. The number of hydrogen-bond donors (Lipinski definition) is 1. The molecule has 0 aromatic heterocycles. The van der Waals surface area contributed by atoms with Crippen molar-refractivity contribution in [2.24, 2.45) is 0 Å². The summed E-state index contributed by atoms with van der Waals surface area (Å²) in [7, 11) is 2.04. The fourth-order valence-electron chi connectivity index (χ4n) is 1.55. The van der Waals surface area contributed by atoms with Crippen molar-refractivity contribution >= 4 is 11.8 Å². The molecule has 0 fully saturated rings. The van der Waals surface area contributed by atoms with E-state index in [1.807, 2.05) is 18.8 Å². The summed E-state index contributed by atoms with van der Waals surface area (Å²) in [6.45, 7) is 2.18. The fraction of sp³-hybridized carbons (Fsp3) is 0.500. The molecule has 14 heavy (non-hydrogen) atoms. The quantitative estimate of drug-likeness (QED) is 0.799. The highest BCUT2D eigenvalue weighted by molar-refractivity contribution is 7.98. The maximum atomic E-state index is 3.36. The molecule has 0 aliphatic carbocycles. The molecule has 0 saturated carbocycles. The van der Waals surface area contributed by atoms with E-state index in [0.717, 1.165) is 6.42 Å². The molecule has 0 aliphatic heterocycles. The number of aryl methyl sites for hydroxylation is 1. The number of hydrogen-bond acceptors (Lipinski definition) is 2. The lowest BCUT2D eigenvalue weighted by molar-refractivity contribution is 0.616. The normalized spacial score (nSPS) is 12.8. The molecule has 0 amide bonds. The summed E-state index contributed by atoms with van der Waals surface area (Å²) in [5, 5.41) is 3.36. The summed E-state index contributed by atoms with van der Waals surface area (Å²) in [6, 6.07) is 9.21. The van der Waals surface area contributed by atoms with Crippen LogP contribution in [0.2, 0.25) is 0 Å². The predicted molar refractivity (Wildman–Crippen MR) is 66.1 cm³/mol. The van der Waals surface area contributed by atoms with E-state index in [1.165, 1.54) is 16.9 Å². The molecule has 2 heteroatoms. The van der Waals surface area contributed by atoms with Gasteiger partial charge in [-0.25, -0.2) is 0 Å². The van der Waals surface area contributed by atoms with E-state index < -0.39 is 0 Å². The first-order valence-corrected chi connectivity index (χ1v) is 6.38. The Morgan fingerprint density at radius 3 is 2.64 bits per heavy atom. The van der Waals surface area contributed by atoms with Crippen LogP contribution in [0.15, 0.2) is 24.3 Å². The van der Waals surface area contributed by atoms with Crippen LogP contribution in [0.4, 0.5) is 0 Å². The van der Waals surface area contributed by atoms with Crippen molar-refractivity contribution < 1.29 is 0 Å². The number of benzene rings is 1. The summed E-state index contributed by atoms with van der Waals surface area (Å²) < 4.78 is 0. The van der Waals surface area contributed by atoms with Crippen molar-refractivity contribution in [1.82, 2.24) is 5.32 Å². The zero-order valence-corrected chi connectivity index (χ0v) is 10.0. The van der Waals surface area contributed by atoms with Crippen LogP contribution < -0.4 is 5.32 Å². The summed E-state index contributed by atoms with van der Waals surface area (Å²) in [4.78, 5) is 0. The largest absolute Gasteiger partial charge is 0.316 e. The highest BCUT2D eigenvalue weighted by Gasteiger charge is 2.07. The Bertz CT molecular complexity index is 273. The first kappa shape index (κ1) is 11.6. The van der Waals surface area contributed by atoms with Gasteiger partial charge in [-0.1, -0.05) is 24.3 Å². The second-order valence-corrected chi connectivity index (χ2v) is 4.48. The van der Waals surface area contributed by atoms with Gasteiger partial charge in [-0.3, -0.25) is 0 Å². The molecule has 0 bridgehead atoms. The van der Waals surface area contributed by atoms with Gasteiger partial charge in [0.1, 0.15) is 0 Å². The van der Waals surface area contributed by atoms with Gasteiger partial charge < -0.3 is 5.32 Å². The van der Waals surface area contributed by atoms with E-state index in [1.54, 1.807) is 0 Å². The van der Waals surface area contributed by atoms with Gasteiger partial charge in [0.05, 0.1) is 0 Å². The predicted octanol–water partition coefficient (Wildman–Crippen LogP) is 2.49. The Labute approximate surface area is 91.3 Å². The van der Waals surface area contributed by atoms with Crippen LogP contribution >= 0.6 is 11.8 Å². The van der Waals surface area contributed by atoms with Crippen LogP contribution in [0.25, 0.3) is 0 Å². The van der Waals surface area contributed by atoms with Gasteiger partial charge in [-0.05, 0) is 37.8 Å². The zero-order chi connectivity index (χ0) is 10.4. The van der Waals surface area contributed by atoms with Crippen molar-refractivity contribution in [1.29, 1.82) is 0 Å². The van der Waals surface area contributed by atoms with Crippen LogP contribution in [0.5, 0.6) is 0 Å². The molecule has 1 N–H and O–H groups in total. The van der Waals surface area contributed by atoms with Crippen LogP contribution in [-0.2, 0) is 6.42 Å². The van der Waals surface area contributed by atoms with Gasteiger partial charge in [0, 0.05) is 11.8 Å². The van der Waals surface area contributed by atoms with Crippen LogP contribution in [-0.4, -0.2) is 25.1 Å². The topological polar surface area (TPSA) is 12.0 Å². The van der Waals surface area contributed by atoms with Gasteiger partial charge in [0.15, 0.2) is 0 Å². The second kappa shape index (κ2) is 6.10. The molecule has 0 heterocycles. The SMILES string of the molecule is CNC(CSC)Cc1ccccc1C. The maximum absolute atomic E-state index is 3.36. The smallest absolute Gasteiger partial charge is 0.0195 e. The minimum Gasteiger partial charge on any atom is -0.316 e. The summed E-state index contributed by atoms with van der Waals surface area (Å²) >= 11 is 1.90. The molecule has 0 spiro atoms. The number of thioether (sulfide) groups is 1. The minimum atomic E-state index is 0.589. The lowest BCUT2D eigenvalue weighted by Crippen LogP contribution is -2.30. The van der Waals surface area contributed by atoms with E-state index in [-0.39, 0.29) is 0 Å². The van der Waals surface area contributed by atoms with E-state index in [9.17, 15) is 0 Å². The Morgan fingerprint density at radius 2 is 2.07 bits per heavy atom. The third kappa shape index (κ3) is 3.35. The highest BCUT2D eigenvalue weighted by atomic mass is 32.2. The Balaban J connectivity index is 2.62. The minimum absolute atomic E-state index is 0.589. The van der Waals surface area contributed by atoms with Crippen molar-refractivity contribution in [3.8, 4) is 0 Å². The number of rotatable bonds is 5. The van der Waals surface area contributed by atoms with Crippen molar-refractivity contribution in [3.63, 3.8) is 0 Å². The number of likely N-dealkylation sites (N-methyl/N-ethyl adjacent to an activating group) is 1. The lowest BCUT2D eigenvalue weighted by Gasteiger charge is -2.16. The third-order valence-corrected chi connectivity index (χ3v) is 3.24. The molecule has 0 saturated heterocycles. The zero-order valence-electron chi connectivity index (χ0n) is 9.21. The summed E-state index contributed by atoms with van der Waals surface area (Å²) in [6.07, 6.45) is 3.28. The van der Waals surface area contributed by atoms with Gasteiger partial charge in [-0.15, -0.1) is 0 Å². The Morgan fingerprint density at radius 1 is 1.36 bits per heavy atom. The molecule has 0 radical (unpaired) electrons. The van der Waals surface area contributed by atoms with Gasteiger partial charge in [0.2, 0.25) is 0 Å². The van der Waals surface area contributed by atoms with Gasteiger partial charge in [0.25, 0.3) is 0 Å². The summed E-state index contributed by atoms with van der Waals surface area (Å²) in [5.74, 6) is 1.17. The first-order valence-electron chi connectivity index (χ1n) is 4.98. The van der Waals surface area contributed by atoms with Crippen LogP contribution in [0, 0.1) is 6.92 Å². The molecule has 0 aliphatic rings. The van der Waals surface area contributed by atoms with E-state index in [2.05, 4.69) is 42.8 Å². The molecular formula is C12H19NS. The van der Waals surface area contributed by atoms with E-state index in [0.29, 0.717) is 6.04 Å². The van der Waals surface area contributed by atoms with Crippen molar-refractivity contribution in [3.05, 3.63) is 35.4 Å². The fourth-order valence-corrected chi connectivity index (χ4v) is 2.24. The average molecular weight is 209 g/mol. The molecule has 1 aromatic rings. The molecule has 1 atom stereocenters. The van der Waals surface area contributed by atoms with Crippen molar-refractivity contribution in [2.75, 3.05) is 19.1 Å². The second-order valence-electron chi connectivity index (χ2n) is 3.57. The van der Waals surface area contributed by atoms with Crippen LogP contribution in [0.1, 0.15) is 11.1 Å². The van der Waals surface area contributed by atoms with Crippen molar-refractivity contribution in [2.45, 2.75) is 19.4 Å². The Kier molecular flexibility index (Phi) is 5.05. The maximum Gasteiger partial charge on any atom is 0.0195 e. The average Bonchev–Trinajstić information content (AvgIpc) is 2.20. The highest BCUT2D eigenvalue weighted by Crippen LogP contribution is 2.11. The van der Waals surface area contributed by atoms with E-state index in [4.69, 9.17) is 0 Å². The molecule has 1 unspecified atom stereocenters. The molecule has 78 valence electrons. The third-order valence-electron chi connectivity index (χ3n) is 2.50. The van der Waals surface area contributed by atoms with Gasteiger partial charge in [-0.2, -0.15) is 11.8 Å². The Hall–Kier alpha value is -0.470. The molecule has 1 rings (SSSR count). The van der Waals surface area contributed by atoms with E-state index >= 15 is 0 Å². The monoisotopic (exact) mass is 209 g/mol. The lowest BCUT2D eigenvalue weighted by atomic mass is 10.0. The summed E-state index contributed by atoms with van der Waals surface area (Å²) in [5.41, 5.74) is 2.86. The molecule has 1 aromatic carbocycles. The number of nitrogens with one attached hydrogen (secondary N) is 1. The standard InChI is InChI=1S/C12H19NS/c1-10-6-4-5-7-11(10)8-12(13-2)9-14-3/h4-7,12-13H,8-9H2,1-3H3. The first-order chi connectivity index (χ1) is 6.77. The van der Waals surface area contributed by atoms with Gasteiger partial charge >= 0.3 is 0 Å². The molecular weight excluding hydrogens is 190 g/mol. The van der Waals surface area contributed by atoms with Crippen LogP contribution in [0.3, 0.4) is 0 Å².